The minimum atomic E-state index is -4.28. The van der Waals surface area contributed by atoms with Crippen LogP contribution in [0.15, 0.2) is 0 Å². The highest BCUT2D eigenvalue weighted by Gasteiger charge is 2.48. The summed E-state index contributed by atoms with van der Waals surface area (Å²) in [4.78, 5) is 0. The smallest absolute Gasteiger partial charge is 0.366 e. The Labute approximate surface area is 70.9 Å². The second-order valence-electron chi connectivity index (χ2n) is 3.21. The second kappa shape index (κ2) is 4.12. The van der Waals surface area contributed by atoms with Crippen molar-refractivity contribution in [3.05, 3.63) is 0 Å². The summed E-state index contributed by atoms with van der Waals surface area (Å²) in [6.07, 6.45) is -2.77. The van der Waals surface area contributed by atoms with Crippen LogP contribution in [0.4, 0.5) is 13.2 Å². The normalized spacial score (nSPS) is 13.5. The monoisotopic (exact) mass is 184 g/mol. The van der Waals surface area contributed by atoms with Gasteiger partial charge in [-0.3, -0.25) is 0 Å². The third-order valence-corrected chi connectivity index (χ3v) is 1.64. The summed E-state index contributed by atoms with van der Waals surface area (Å²) in [6, 6.07) is 0. The summed E-state index contributed by atoms with van der Waals surface area (Å²) in [5, 5.41) is 0. The summed E-state index contributed by atoms with van der Waals surface area (Å²) >= 11 is 0. The summed E-state index contributed by atoms with van der Waals surface area (Å²) in [7, 11) is 0. The molecule has 0 aromatic carbocycles. The molecular weight excluding hydrogens is 169 g/mol. The maximum atomic E-state index is 12.1. The molecule has 0 saturated carbocycles. The van der Waals surface area contributed by atoms with E-state index in [4.69, 9.17) is 4.74 Å². The van der Waals surface area contributed by atoms with Gasteiger partial charge in [-0.1, -0.05) is 13.3 Å². The quantitative estimate of drug-likeness (QED) is 0.610. The Kier molecular flexibility index (Phi) is 4.03. The van der Waals surface area contributed by atoms with Crippen LogP contribution in [-0.4, -0.2) is 18.4 Å². The first-order valence-corrected chi connectivity index (χ1v) is 4.02. The maximum absolute atomic E-state index is 12.1. The van der Waals surface area contributed by atoms with Crippen LogP contribution in [0.25, 0.3) is 0 Å². The standard InChI is InChI=1S/C8H15F3O/c1-4-5-6-12-7(2,3)8(9,10)11/h4-6H2,1-3H3. The van der Waals surface area contributed by atoms with Crippen molar-refractivity contribution in [3.63, 3.8) is 0 Å². The summed E-state index contributed by atoms with van der Waals surface area (Å²) < 4.78 is 41.1. The predicted octanol–water partition coefficient (Wildman–Crippen LogP) is 3.14. The van der Waals surface area contributed by atoms with E-state index in [-0.39, 0.29) is 6.61 Å². The van der Waals surface area contributed by atoms with Gasteiger partial charge in [-0.05, 0) is 20.3 Å². The average molecular weight is 184 g/mol. The van der Waals surface area contributed by atoms with Crippen LogP contribution >= 0.6 is 0 Å². The Balaban J connectivity index is 3.88. The van der Waals surface area contributed by atoms with Crippen molar-refractivity contribution in [2.45, 2.75) is 45.4 Å². The number of rotatable bonds is 4. The van der Waals surface area contributed by atoms with Crippen LogP contribution in [0.2, 0.25) is 0 Å². The number of ether oxygens (including phenoxy) is 1. The van der Waals surface area contributed by atoms with Gasteiger partial charge in [0.15, 0.2) is 5.60 Å². The van der Waals surface area contributed by atoms with Crippen molar-refractivity contribution in [1.82, 2.24) is 0 Å². The number of unbranched alkanes of at least 4 members (excludes halogenated alkanes) is 1. The van der Waals surface area contributed by atoms with E-state index in [1.807, 2.05) is 6.92 Å². The largest absolute Gasteiger partial charge is 0.416 e. The van der Waals surface area contributed by atoms with Crippen molar-refractivity contribution < 1.29 is 17.9 Å². The minimum Gasteiger partial charge on any atom is -0.366 e. The molecule has 0 aliphatic rings. The van der Waals surface area contributed by atoms with E-state index in [2.05, 4.69) is 0 Å². The summed E-state index contributed by atoms with van der Waals surface area (Å²) in [6.45, 7) is 4.16. The molecular formula is C8H15F3O. The van der Waals surface area contributed by atoms with Gasteiger partial charge in [-0.15, -0.1) is 0 Å². The van der Waals surface area contributed by atoms with E-state index in [9.17, 15) is 13.2 Å². The lowest BCUT2D eigenvalue weighted by atomic mass is 10.1. The van der Waals surface area contributed by atoms with Gasteiger partial charge in [-0.25, -0.2) is 0 Å². The van der Waals surface area contributed by atoms with Crippen molar-refractivity contribution >= 4 is 0 Å². The van der Waals surface area contributed by atoms with Gasteiger partial charge in [0, 0.05) is 6.61 Å². The Morgan fingerprint density at radius 2 is 1.67 bits per heavy atom. The van der Waals surface area contributed by atoms with Crippen LogP contribution in [0, 0.1) is 0 Å². The van der Waals surface area contributed by atoms with Crippen LogP contribution in [0.5, 0.6) is 0 Å². The second-order valence-corrected chi connectivity index (χ2v) is 3.21. The fourth-order valence-corrected chi connectivity index (χ4v) is 0.553. The molecule has 0 aliphatic carbocycles. The molecule has 0 heterocycles. The molecule has 0 bridgehead atoms. The fourth-order valence-electron chi connectivity index (χ4n) is 0.553. The summed E-state index contributed by atoms with van der Waals surface area (Å²) in [5.74, 6) is 0. The van der Waals surface area contributed by atoms with E-state index in [1.165, 1.54) is 0 Å². The molecule has 0 amide bonds. The molecule has 0 saturated heterocycles. The molecule has 0 unspecified atom stereocenters. The Morgan fingerprint density at radius 1 is 1.17 bits per heavy atom. The molecule has 12 heavy (non-hydrogen) atoms. The van der Waals surface area contributed by atoms with Gasteiger partial charge in [0.05, 0.1) is 0 Å². The first kappa shape index (κ1) is 11.8. The van der Waals surface area contributed by atoms with E-state index in [1.54, 1.807) is 0 Å². The van der Waals surface area contributed by atoms with Crippen molar-refractivity contribution in [1.29, 1.82) is 0 Å². The van der Waals surface area contributed by atoms with Crippen molar-refractivity contribution in [3.8, 4) is 0 Å². The van der Waals surface area contributed by atoms with Gasteiger partial charge < -0.3 is 4.74 Å². The third-order valence-electron chi connectivity index (χ3n) is 1.64. The lowest BCUT2D eigenvalue weighted by molar-refractivity contribution is -0.263. The molecule has 0 radical (unpaired) electrons. The third kappa shape index (κ3) is 3.43. The van der Waals surface area contributed by atoms with Gasteiger partial charge in [0.2, 0.25) is 0 Å². The van der Waals surface area contributed by atoms with E-state index < -0.39 is 11.8 Å². The zero-order valence-corrected chi connectivity index (χ0v) is 7.66. The van der Waals surface area contributed by atoms with Crippen LogP contribution in [0.1, 0.15) is 33.6 Å². The van der Waals surface area contributed by atoms with Crippen molar-refractivity contribution in [2.24, 2.45) is 0 Å². The molecule has 0 aromatic rings. The minimum absolute atomic E-state index is 0.170. The van der Waals surface area contributed by atoms with Crippen LogP contribution < -0.4 is 0 Å². The number of halogens is 3. The number of hydrogen-bond donors (Lipinski definition) is 0. The first-order chi connectivity index (χ1) is 5.31. The van der Waals surface area contributed by atoms with Gasteiger partial charge in [0.1, 0.15) is 0 Å². The highest BCUT2D eigenvalue weighted by Crippen LogP contribution is 2.32. The van der Waals surface area contributed by atoms with Crippen LogP contribution in [0.3, 0.4) is 0 Å². The molecule has 0 spiro atoms. The van der Waals surface area contributed by atoms with Crippen molar-refractivity contribution in [2.75, 3.05) is 6.61 Å². The average Bonchev–Trinajstić information content (AvgIpc) is 1.85. The van der Waals surface area contributed by atoms with E-state index in [0.717, 1.165) is 20.3 Å². The van der Waals surface area contributed by atoms with E-state index in [0.29, 0.717) is 6.42 Å². The first-order valence-electron chi connectivity index (χ1n) is 4.02. The van der Waals surface area contributed by atoms with Gasteiger partial charge in [-0.2, -0.15) is 13.2 Å². The molecule has 74 valence electrons. The predicted molar refractivity (Wildman–Crippen MR) is 41.0 cm³/mol. The number of hydrogen-bond acceptors (Lipinski definition) is 1. The SMILES string of the molecule is CCCCOC(C)(C)C(F)(F)F. The molecule has 0 N–H and O–H groups in total. The zero-order chi connectivity index (χ0) is 9.83. The zero-order valence-electron chi connectivity index (χ0n) is 7.66. The van der Waals surface area contributed by atoms with Crippen LogP contribution in [-0.2, 0) is 4.74 Å². The molecule has 0 aliphatic heterocycles. The molecule has 0 aromatic heterocycles. The Morgan fingerprint density at radius 3 is 2.00 bits per heavy atom. The Hall–Kier alpha value is -0.250. The lowest BCUT2D eigenvalue weighted by Crippen LogP contribution is -2.42. The fraction of sp³-hybridized carbons (Fsp3) is 1.00. The summed E-state index contributed by atoms with van der Waals surface area (Å²) in [5.41, 5.74) is -2.01. The van der Waals surface area contributed by atoms with Gasteiger partial charge >= 0.3 is 6.18 Å². The molecule has 1 nitrogen and oxygen atoms in total. The molecule has 0 fully saturated rings. The molecule has 0 rings (SSSR count). The maximum Gasteiger partial charge on any atom is 0.416 e. The molecule has 0 atom stereocenters. The lowest BCUT2D eigenvalue weighted by Gasteiger charge is -2.27. The number of alkyl halides is 3. The Bertz CT molecular complexity index is 129. The highest BCUT2D eigenvalue weighted by atomic mass is 19.4. The van der Waals surface area contributed by atoms with E-state index >= 15 is 0 Å². The highest BCUT2D eigenvalue weighted by molar-refractivity contribution is 4.77. The van der Waals surface area contributed by atoms with Gasteiger partial charge in [0.25, 0.3) is 0 Å². The molecule has 4 heteroatoms. The topological polar surface area (TPSA) is 9.23 Å².